The third-order valence-corrected chi connectivity index (χ3v) is 3.99. The predicted octanol–water partition coefficient (Wildman–Crippen LogP) is 1.67. The quantitative estimate of drug-likeness (QED) is 0.842. The first-order chi connectivity index (χ1) is 9.10. The van der Waals surface area contributed by atoms with Gasteiger partial charge in [0.05, 0.1) is 5.69 Å². The fourth-order valence-corrected chi connectivity index (χ4v) is 2.50. The number of hydrogen-bond donors (Lipinski definition) is 0. The Balaban J connectivity index is 2.68. The van der Waals surface area contributed by atoms with E-state index < -0.39 is 9.84 Å². The molecule has 0 N–H and O–H groups in total. The van der Waals surface area contributed by atoms with Crippen LogP contribution in [0.5, 0.6) is 0 Å². The van der Waals surface area contributed by atoms with Crippen LogP contribution in [0.15, 0.2) is 23.4 Å². The highest BCUT2D eigenvalue weighted by Crippen LogP contribution is 2.26. The van der Waals surface area contributed by atoms with Crippen molar-refractivity contribution in [2.75, 3.05) is 6.26 Å². The van der Waals surface area contributed by atoms with Crippen LogP contribution in [0, 0.1) is 6.92 Å². The Bertz CT molecular complexity index is 742. The van der Waals surface area contributed by atoms with Gasteiger partial charge in [0.1, 0.15) is 0 Å². The highest BCUT2D eigenvalue weighted by molar-refractivity contribution is 7.90. The van der Waals surface area contributed by atoms with Gasteiger partial charge in [-0.1, -0.05) is 38.0 Å². The van der Waals surface area contributed by atoms with Gasteiger partial charge in [-0.3, -0.25) is 0 Å². The van der Waals surface area contributed by atoms with Gasteiger partial charge < -0.3 is 0 Å². The van der Waals surface area contributed by atoms with Crippen LogP contribution in [0.4, 0.5) is 0 Å². The molecule has 1 aromatic carbocycles. The topological polar surface area (TPSA) is 77.7 Å². The third kappa shape index (κ3) is 2.72. The highest BCUT2D eigenvalue weighted by Gasteiger charge is 2.21. The molecule has 1 aromatic heterocycles. The first kappa shape index (κ1) is 14.6. The van der Waals surface area contributed by atoms with E-state index in [-0.39, 0.29) is 10.6 Å². The van der Waals surface area contributed by atoms with Crippen molar-refractivity contribution in [3.8, 4) is 5.69 Å². The van der Waals surface area contributed by atoms with Crippen LogP contribution in [0.25, 0.3) is 5.69 Å². The molecule has 0 aliphatic heterocycles. The van der Waals surface area contributed by atoms with Crippen molar-refractivity contribution in [1.29, 1.82) is 0 Å². The van der Waals surface area contributed by atoms with E-state index in [0.717, 1.165) is 17.4 Å². The second kappa shape index (κ2) is 4.66. The van der Waals surface area contributed by atoms with Crippen molar-refractivity contribution >= 4 is 9.84 Å². The first-order valence-corrected chi connectivity index (χ1v) is 8.10. The van der Waals surface area contributed by atoms with Gasteiger partial charge in [-0.2, -0.15) is 4.68 Å². The van der Waals surface area contributed by atoms with E-state index in [1.807, 2.05) is 25.1 Å². The van der Waals surface area contributed by atoms with Crippen molar-refractivity contribution in [2.24, 2.45) is 0 Å². The van der Waals surface area contributed by atoms with Gasteiger partial charge in [0.15, 0.2) is 0 Å². The van der Waals surface area contributed by atoms with Crippen molar-refractivity contribution in [2.45, 2.75) is 38.3 Å². The fourth-order valence-electron chi connectivity index (χ4n) is 1.87. The maximum absolute atomic E-state index is 11.7. The summed E-state index contributed by atoms with van der Waals surface area (Å²) in [4.78, 5) is 0. The zero-order valence-electron chi connectivity index (χ0n) is 12.2. The van der Waals surface area contributed by atoms with Gasteiger partial charge in [-0.25, -0.2) is 8.42 Å². The molecule has 0 fully saturated rings. The number of tetrazole rings is 1. The first-order valence-electron chi connectivity index (χ1n) is 6.20. The number of rotatable bonds is 2. The summed E-state index contributed by atoms with van der Waals surface area (Å²) in [6, 6.07) is 5.91. The van der Waals surface area contributed by atoms with E-state index in [1.165, 1.54) is 4.68 Å². The molecule has 2 rings (SSSR count). The molecule has 0 atom stereocenters. The molecular formula is C13H18N4O2S. The Hall–Kier alpha value is -1.76. The molecular weight excluding hydrogens is 276 g/mol. The molecule has 6 nitrogen and oxygen atoms in total. The molecule has 2 aromatic rings. The number of nitrogens with zero attached hydrogens (tertiary/aromatic N) is 4. The molecule has 0 spiro atoms. The summed E-state index contributed by atoms with van der Waals surface area (Å²) >= 11 is 0. The molecule has 0 saturated carbocycles. The average Bonchev–Trinajstić information content (AvgIpc) is 2.76. The number of aryl methyl sites for hydroxylation is 1. The lowest BCUT2D eigenvalue weighted by Crippen LogP contribution is -2.14. The van der Waals surface area contributed by atoms with Crippen LogP contribution in [0.1, 0.15) is 31.9 Å². The van der Waals surface area contributed by atoms with E-state index in [2.05, 4.69) is 36.3 Å². The summed E-state index contributed by atoms with van der Waals surface area (Å²) in [5.41, 5.74) is 2.65. The van der Waals surface area contributed by atoms with E-state index in [4.69, 9.17) is 0 Å². The Labute approximate surface area is 118 Å². The minimum atomic E-state index is -3.48. The zero-order valence-corrected chi connectivity index (χ0v) is 13.1. The number of aromatic nitrogens is 4. The molecule has 0 unspecified atom stereocenters. The Morgan fingerprint density at radius 1 is 1.20 bits per heavy atom. The second-order valence-electron chi connectivity index (χ2n) is 5.90. The molecule has 7 heteroatoms. The number of hydrogen-bond acceptors (Lipinski definition) is 5. The Morgan fingerprint density at radius 2 is 1.85 bits per heavy atom. The van der Waals surface area contributed by atoms with Crippen LogP contribution >= 0.6 is 0 Å². The molecule has 0 radical (unpaired) electrons. The maximum Gasteiger partial charge on any atom is 0.272 e. The van der Waals surface area contributed by atoms with E-state index in [0.29, 0.717) is 5.69 Å². The predicted molar refractivity (Wildman–Crippen MR) is 75.7 cm³/mol. The molecule has 20 heavy (non-hydrogen) atoms. The lowest BCUT2D eigenvalue weighted by Gasteiger charge is -2.20. The summed E-state index contributed by atoms with van der Waals surface area (Å²) in [5, 5.41) is 10.8. The van der Waals surface area contributed by atoms with Gasteiger partial charge in [0.25, 0.3) is 5.16 Å². The Morgan fingerprint density at radius 3 is 2.40 bits per heavy atom. The minimum absolute atomic E-state index is 0.0400. The van der Waals surface area contributed by atoms with Crippen LogP contribution in [0.2, 0.25) is 0 Å². The lowest BCUT2D eigenvalue weighted by molar-refractivity contribution is 0.582. The molecule has 0 saturated heterocycles. The standard InChI is InChI=1S/C13H18N4O2S/c1-9-6-7-10(13(2,3)4)8-11(9)17-12(14-15-16-17)20(5,18)19/h6-8H,1-5H3. The van der Waals surface area contributed by atoms with Crippen LogP contribution in [-0.2, 0) is 15.3 Å². The monoisotopic (exact) mass is 294 g/mol. The molecule has 1 heterocycles. The highest BCUT2D eigenvalue weighted by atomic mass is 32.2. The normalized spacial score (nSPS) is 12.7. The van der Waals surface area contributed by atoms with Gasteiger partial charge >= 0.3 is 0 Å². The van der Waals surface area contributed by atoms with Crippen molar-refractivity contribution in [3.63, 3.8) is 0 Å². The van der Waals surface area contributed by atoms with Gasteiger partial charge in [0, 0.05) is 6.26 Å². The molecule has 0 aliphatic carbocycles. The SMILES string of the molecule is Cc1ccc(C(C)(C)C)cc1-n1nnnc1S(C)(=O)=O. The summed E-state index contributed by atoms with van der Waals surface area (Å²) < 4.78 is 24.7. The van der Waals surface area contributed by atoms with E-state index >= 15 is 0 Å². The largest absolute Gasteiger partial charge is 0.272 e. The van der Waals surface area contributed by atoms with Gasteiger partial charge in [-0.05, 0) is 40.0 Å². The minimum Gasteiger partial charge on any atom is -0.221 e. The molecule has 108 valence electrons. The van der Waals surface area contributed by atoms with Gasteiger partial charge in [0.2, 0.25) is 9.84 Å². The molecule has 0 aliphatic rings. The number of benzene rings is 1. The van der Waals surface area contributed by atoms with Crippen molar-refractivity contribution in [1.82, 2.24) is 20.2 Å². The summed E-state index contributed by atoms with van der Waals surface area (Å²) in [6.45, 7) is 8.19. The summed E-state index contributed by atoms with van der Waals surface area (Å²) in [7, 11) is -3.48. The zero-order chi connectivity index (χ0) is 15.1. The Kier molecular flexibility index (Phi) is 3.41. The lowest BCUT2D eigenvalue weighted by atomic mass is 9.86. The van der Waals surface area contributed by atoms with Crippen molar-refractivity contribution in [3.05, 3.63) is 29.3 Å². The smallest absolute Gasteiger partial charge is 0.221 e. The van der Waals surface area contributed by atoms with Crippen LogP contribution < -0.4 is 0 Å². The molecule has 0 amide bonds. The average molecular weight is 294 g/mol. The fraction of sp³-hybridized carbons (Fsp3) is 0.462. The van der Waals surface area contributed by atoms with Gasteiger partial charge in [-0.15, -0.1) is 0 Å². The van der Waals surface area contributed by atoms with Crippen LogP contribution in [0.3, 0.4) is 0 Å². The third-order valence-electron chi connectivity index (χ3n) is 3.08. The molecule has 0 bridgehead atoms. The summed E-state index contributed by atoms with van der Waals surface area (Å²) in [5.74, 6) is 0. The summed E-state index contributed by atoms with van der Waals surface area (Å²) in [6.07, 6.45) is 1.10. The van der Waals surface area contributed by atoms with E-state index in [9.17, 15) is 8.42 Å². The second-order valence-corrected chi connectivity index (χ2v) is 7.81. The maximum atomic E-state index is 11.7. The van der Waals surface area contributed by atoms with E-state index in [1.54, 1.807) is 0 Å². The number of sulfone groups is 1. The van der Waals surface area contributed by atoms with Crippen molar-refractivity contribution < 1.29 is 8.42 Å². The van der Waals surface area contributed by atoms with Crippen LogP contribution in [-0.4, -0.2) is 34.9 Å².